The lowest BCUT2D eigenvalue weighted by molar-refractivity contribution is -0.133. The van der Waals surface area contributed by atoms with Crippen molar-refractivity contribution >= 4 is 23.2 Å². The van der Waals surface area contributed by atoms with Gasteiger partial charge >= 0.3 is 0 Å². The second-order valence-electron chi connectivity index (χ2n) is 7.66. The van der Waals surface area contributed by atoms with Crippen LogP contribution in [-0.2, 0) is 17.9 Å². The van der Waals surface area contributed by atoms with Crippen LogP contribution in [0.2, 0.25) is 0 Å². The van der Waals surface area contributed by atoms with Gasteiger partial charge in [-0.25, -0.2) is 0 Å². The van der Waals surface area contributed by atoms with Crippen molar-refractivity contribution in [3.63, 3.8) is 0 Å². The number of hydrogen-bond acceptors (Lipinski definition) is 3. The molecule has 0 aliphatic rings. The second-order valence-corrected chi connectivity index (χ2v) is 8.66. The lowest BCUT2D eigenvalue weighted by atomic mass is 10.1. The summed E-state index contributed by atoms with van der Waals surface area (Å²) in [6.07, 6.45) is 0. The van der Waals surface area contributed by atoms with Crippen LogP contribution in [0.3, 0.4) is 0 Å². The van der Waals surface area contributed by atoms with Crippen LogP contribution in [0.1, 0.15) is 40.2 Å². The van der Waals surface area contributed by atoms with Gasteiger partial charge in [-0.2, -0.15) is 0 Å². The third kappa shape index (κ3) is 5.57. The highest BCUT2D eigenvalue weighted by molar-refractivity contribution is 7.10. The minimum atomic E-state index is -0.120. The lowest BCUT2D eigenvalue weighted by Crippen LogP contribution is -2.45. The van der Waals surface area contributed by atoms with Gasteiger partial charge in [-0.05, 0) is 55.5 Å². The molecule has 3 rings (SSSR count). The number of rotatable bonds is 8. The highest BCUT2D eigenvalue weighted by Crippen LogP contribution is 2.20. The molecule has 2 aromatic carbocycles. The molecule has 0 fully saturated rings. The number of benzene rings is 2. The molecule has 1 aromatic heterocycles. The molecule has 5 heteroatoms. The van der Waals surface area contributed by atoms with Crippen molar-refractivity contribution in [2.45, 2.75) is 39.9 Å². The first-order valence-electron chi connectivity index (χ1n) is 10.2. The van der Waals surface area contributed by atoms with E-state index in [1.54, 1.807) is 28.4 Å². The first-order valence-corrected chi connectivity index (χ1v) is 11.0. The van der Waals surface area contributed by atoms with Gasteiger partial charge in [0.1, 0.15) is 6.54 Å². The molecule has 0 aliphatic carbocycles. The molecule has 4 nitrogen and oxygen atoms in total. The van der Waals surface area contributed by atoms with Crippen LogP contribution >= 0.6 is 11.3 Å². The normalized spacial score (nSPS) is 10.8. The van der Waals surface area contributed by atoms with Crippen LogP contribution in [0.25, 0.3) is 0 Å². The number of hydrogen-bond donors (Lipinski definition) is 0. The van der Waals surface area contributed by atoms with E-state index in [2.05, 4.69) is 18.4 Å². The van der Waals surface area contributed by atoms with Gasteiger partial charge in [0, 0.05) is 23.0 Å². The SMILES string of the molecule is Cc1ccsc1CN(Cc1ccccc1)C(=O)CN(C(=O)c1ccccc1)C(C)C. The Balaban J connectivity index is 1.81. The standard InChI is InChI=1S/C25H28N2O2S/c1-19(2)27(25(29)22-12-8-5-9-13-22)18-24(28)26(16-21-10-6-4-7-11-21)17-23-20(3)14-15-30-23/h4-15,19H,16-18H2,1-3H3. The Morgan fingerprint density at radius 1 is 0.900 bits per heavy atom. The van der Waals surface area contributed by atoms with Crippen molar-refractivity contribution in [3.8, 4) is 0 Å². The zero-order valence-electron chi connectivity index (χ0n) is 17.7. The summed E-state index contributed by atoms with van der Waals surface area (Å²) in [6, 6.07) is 21.1. The largest absolute Gasteiger partial charge is 0.332 e. The topological polar surface area (TPSA) is 40.6 Å². The van der Waals surface area contributed by atoms with Crippen molar-refractivity contribution in [3.05, 3.63) is 93.7 Å². The predicted octanol–water partition coefficient (Wildman–Crippen LogP) is 5.14. The van der Waals surface area contributed by atoms with Gasteiger partial charge in [0.15, 0.2) is 0 Å². The van der Waals surface area contributed by atoms with E-state index in [1.165, 1.54) is 10.4 Å². The van der Waals surface area contributed by atoms with Crippen molar-refractivity contribution in [2.75, 3.05) is 6.54 Å². The number of thiophene rings is 1. The fourth-order valence-electron chi connectivity index (χ4n) is 3.26. The highest BCUT2D eigenvalue weighted by Gasteiger charge is 2.25. The van der Waals surface area contributed by atoms with Crippen molar-refractivity contribution < 1.29 is 9.59 Å². The van der Waals surface area contributed by atoms with E-state index in [1.807, 2.05) is 67.3 Å². The molecule has 0 N–H and O–H groups in total. The first kappa shape index (κ1) is 21.8. The van der Waals surface area contributed by atoms with Gasteiger partial charge in [0.2, 0.25) is 5.91 Å². The van der Waals surface area contributed by atoms with Crippen molar-refractivity contribution in [2.24, 2.45) is 0 Å². The van der Waals surface area contributed by atoms with E-state index in [9.17, 15) is 9.59 Å². The van der Waals surface area contributed by atoms with E-state index in [0.29, 0.717) is 18.7 Å². The predicted molar refractivity (Wildman–Crippen MR) is 122 cm³/mol. The Morgan fingerprint density at radius 2 is 1.53 bits per heavy atom. The molecule has 0 atom stereocenters. The summed E-state index contributed by atoms with van der Waals surface area (Å²) in [5.74, 6) is -0.171. The summed E-state index contributed by atoms with van der Waals surface area (Å²) in [7, 11) is 0. The summed E-state index contributed by atoms with van der Waals surface area (Å²) < 4.78 is 0. The Morgan fingerprint density at radius 3 is 2.10 bits per heavy atom. The maximum Gasteiger partial charge on any atom is 0.254 e. The highest BCUT2D eigenvalue weighted by atomic mass is 32.1. The van der Waals surface area contributed by atoms with Gasteiger partial charge in [-0.15, -0.1) is 11.3 Å². The first-order chi connectivity index (χ1) is 14.5. The summed E-state index contributed by atoms with van der Waals surface area (Å²) in [5.41, 5.74) is 2.86. The molecule has 3 aromatic rings. The van der Waals surface area contributed by atoms with E-state index < -0.39 is 0 Å². The number of amides is 2. The van der Waals surface area contributed by atoms with E-state index >= 15 is 0 Å². The molecular weight excluding hydrogens is 392 g/mol. The summed E-state index contributed by atoms with van der Waals surface area (Å²) >= 11 is 1.66. The average Bonchev–Trinajstić information content (AvgIpc) is 3.16. The van der Waals surface area contributed by atoms with Gasteiger partial charge in [-0.1, -0.05) is 48.5 Å². The third-order valence-electron chi connectivity index (χ3n) is 5.08. The van der Waals surface area contributed by atoms with Gasteiger partial charge in [0.05, 0.1) is 6.54 Å². The number of nitrogens with zero attached hydrogens (tertiary/aromatic N) is 2. The third-order valence-corrected chi connectivity index (χ3v) is 6.09. The number of aryl methyl sites for hydroxylation is 1. The van der Waals surface area contributed by atoms with Gasteiger partial charge in [-0.3, -0.25) is 9.59 Å². The average molecular weight is 421 g/mol. The quantitative estimate of drug-likeness (QED) is 0.506. The minimum absolute atomic E-state index is 0.0513. The number of carbonyl (C=O) groups is 2. The lowest BCUT2D eigenvalue weighted by Gasteiger charge is -2.30. The Bertz CT molecular complexity index is 967. The molecule has 1 heterocycles. The Hall–Kier alpha value is -2.92. The Labute approximate surface area is 182 Å². The maximum absolute atomic E-state index is 13.4. The van der Waals surface area contributed by atoms with Crippen LogP contribution in [0.15, 0.2) is 72.1 Å². The molecule has 0 unspecified atom stereocenters. The van der Waals surface area contributed by atoms with Crippen LogP contribution in [0.5, 0.6) is 0 Å². The zero-order valence-corrected chi connectivity index (χ0v) is 18.6. The van der Waals surface area contributed by atoms with Crippen LogP contribution in [0.4, 0.5) is 0 Å². The molecule has 0 bridgehead atoms. The van der Waals surface area contributed by atoms with Crippen molar-refractivity contribution in [1.29, 1.82) is 0 Å². The molecule has 2 amide bonds. The van der Waals surface area contributed by atoms with E-state index in [0.717, 1.165) is 5.56 Å². The van der Waals surface area contributed by atoms with Crippen LogP contribution < -0.4 is 0 Å². The zero-order chi connectivity index (χ0) is 21.5. The summed E-state index contributed by atoms with van der Waals surface area (Å²) in [5, 5.41) is 2.05. The van der Waals surface area contributed by atoms with E-state index in [4.69, 9.17) is 0 Å². The Kier molecular flexibility index (Phi) is 7.41. The number of carbonyl (C=O) groups excluding carboxylic acids is 2. The fourth-order valence-corrected chi connectivity index (χ4v) is 4.18. The summed E-state index contributed by atoms with van der Waals surface area (Å²) in [6.45, 7) is 7.07. The second kappa shape index (κ2) is 10.2. The molecular formula is C25H28N2O2S. The summed E-state index contributed by atoms with van der Waals surface area (Å²) in [4.78, 5) is 31.1. The molecule has 0 aliphatic heterocycles. The van der Waals surface area contributed by atoms with Gasteiger partial charge in [0.25, 0.3) is 5.91 Å². The molecule has 156 valence electrons. The molecule has 0 saturated carbocycles. The molecule has 0 radical (unpaired) electrons. The molecule has 30 heavy (non-hydrogen) atoms. The minimum Gasteiger partial charge on any atom is -0.332 e. The van der Waals surface area contributed by atoms with Crippen molar-refractivity contribution in [1.82, 2.24) is 9.80 Å². The smallest absolute Gasteiger partial charge is 0.254 e. The fraction of sp³-hybridized carbons (Fsp3) is 0.280. The monoisotopic (exact) mass is 420 g/mol. The van der Waals surface area contributed by atoms with E-state index in [-0.39, 0.29) is 24.4 Å². The molecule has 0 spiro atoms. The van der Waals surface area contributed by atoms with Crippen LogP contribution in [0, 0.1) is 6.92 Å². The molecule has 0 saturated heterocycles. The van der Waals surface area contributed by atoms with Gasteiger partial charge < -0.3 is 9.80 Å². The van der Waals surface area contributed by atoms with Crippen LogP contribution in [-0.4, -0.2) is 34.2 Å². The maximum atomic E-state index is 13.4.